The van der Waals surface area contributed by atoms with Crippen LogP contribution in [0.3, 0.4) is 0 Å². The summed E-state index contributed by atoms with van der Waals surface area (Å²) in [6, 6.07) is 0.244. The molecule has 6 heteroatoms. The van der Waals surface area contributed by atoms with E-state index in [9.17, 15) is 10.1 Å². The van der Waals surface area contributed by atoms with Gasteiger partial charge in [-0.25, -0.2) is 4.68 Å². The van der Waals surface area contributed by atoms with Crippen molar-refractivity contribution >= 4 is 11.5 Å². The molecule has 102 valence electrons. The van der Waals surface area contributed by atoms with Crippen molar-refractivity contribution in [1.82, 2.24) is 9.78 Å². The zero-order chi connectivity index (χ0) is 13.7. The molecule has 0 saturated heterocycles. The van der Waals surface area contributed by atoms with Gasteiger partial charge in [-0.15, -0.1) is 0 Å². The molecular weight excluding hydrogens is 232 g/mol. The smallest absolute Gasteiger partial charge is 0.333 e. The molecule has 18 heavy (non-hydrogen) atoms. The first-order chi connectivity index (χ1) is 8.54. The fraction of sp³-hybridized carbons (Fsp3) is 0.750. The molecule has 0 radical (unpaired) electrons. The second-order valence-corrected chi connectivity index (χ2v) is 4.43. The van der Waals surface area contributed by atoms with Crippen LogP contribution in [0, 0.1) is 10.1 Å². The van der Waals surface area contributed by atoms with Gasteiger partial charge in [-0.1, -0.05) is 27.2 Å². The fourth-order valence-corrected chi connectivity index (χ4v) is 2.01. The summed E-state index contributed by atoms with van der Waals surface area (Å²) in [5, 5.41) is 18.7. The first-order valence-electron chi connectivity index (χ1n) is 6.51. The number of anilines is 1. The Morgan fingerprint density at radius 2 is 2.00 bits per heavy atom. The molecule has 0 unspecified atom stereocenters. The normalized spacial score (nSPS) is 10.9. The minimum absolute atomic E-state index is 0.131. The predicted octanol–water partition coefficient (Wildman–Crippen LogP) is 2.88. The van der Waals surface area contributed by atoms with E-state index in [1.165, 1.54) is 0 Å². The average molecular weight is 254 g/mol. The maximum Gasteiger partial charge on any atom is 0.333 e. The van der Waals surface area contributed by atoms with E-state index >= 15 is 0 Å². The Morgan fingerprint density at radius 1 is 1.39 bits per heavy atom. The third-order valence-corrected chi connectivity index (χ3v) is 3.09. The third kappa shape index (κ3) is 3.00. The van der Waals surface area contributed by atoms with Crippen LogP contribution in [0.4, 0.5) is 11.5 Å². The molecule has 0 aromatic carbocycles. The van der Waals surface area contributed by atoms with Crippen molar-refractivity contribution in [3.05, 3.63) is 15.8 Å². The van der Waals surface area contributed by atoms with Gasteiger partial charge in [-0.2, -0.15) is 5.10 Å². The highest BCUT2D eigenvalue weighted by Gasteiger charge is 2.26. The molecule has 1 N–H and O–H groups in total. The highest BCUT2D eigenvalue weighted by Crippen LogP contribution is 2.30. The van der Waals surface area contributed by atoms with Crippen LogP contribution in [0.5, 0.6) is 0 Å². The van der Waals surface area contributed by atoms with Crippen molar-refractivity contribution in [1.29, 1.82) is 0 Å². The Hall–Kier alpha value is -1.59. The first kappa shape index (κ1) is 14.5. The minimum Gasteiger partial charge on any atom is -0.362 e. The van der Waals surface area contributed by atoms with Crippen molar-refractivity contribution in [3.8, 4) is 0 Å². The fourth-order valence-electron chi connectivity index (χ4n) is 2.01. The van der Waals surface area contributed by atoms with Crippen LogP contribution in [0.15, 0.2) is 0 Å². The molecule has 1 aromatic rings. The van der Waals surface area contributed by atoms with Crippen molar-refractivity contribution < 1.29 is 4.92 Å². The van der Waals surface area contributed by atoms with E-state index in [2.05, 4.69) is 24.3 Å². The van der Waals surface area contributed by atoms with E-state index in [1.54, 1.807) is 11.7 Å². The second kappa shape index (κ2) is 6.37. The lowest BCUT2D eigenvalue weighted by atomic mass is 10.1. The number of aryl methyl sites for hydroxylation is 2. The van der Waals surface area contributed by atoms with Crippen LogP contribution in [-0.2, 0) is 13.5 Å². The maximum atomic E-state index is 11.2. The lowest BCUT2D eigenvalue weighted by molar-refractivity contribution is -0.384. The number of nitrogens with one attached hydrogen (secondary N) is 1. The van der Waals surface area contributed by atoms with E-state index in [0.29, 0.717) is 17.9 Å². The first-order valence-corrected chi connectivity index (χ1v) is 6.51. The van der Waals surface area contributed by atoms with E-state index < -0.39 is 0 Å². The van der Waals surface area contributed by atoms with Gasteiger partial charge in [0.05, 0.1) is 4.92 Å². The van der Waals surface area contributed by atoms with Crippen LogP contribution < -0.4 is 5.32 Å². The Morgan fingerprint density at radius 3 is 2.44 bits per heavy atom. The van der Waals surface area contributed by atoms with Gasteiger partial charge in [-0.3, -0.25) is 10.1 Å². The lowest BCUT2D eigenvalue weighted by Gasteiger charge is -2.15. The molecule has 0 amide bonds. The summed E-state index contributed by atoms with van der Waals surface area (Å²) in [6.07, 6.45) is 3.35. The van der Waals surface area contributed by atoms with Crippen LogP contribution >= 0.6 is 0 Å². The molecular formula is C12H22N4O2. The molecule has 0 saturated carbocycles. The zero-order valence-electron chi connectivity index (χ0n) is 11.6. The number of nitro groups is 1. The van der Waals surface area contributed by atoms with Crippen molar-refractivity contribution in [2.75, 3.05) is 5.32 Å². The number of hydrogen-bond acceptors (Lipinski definition) is 4. The SMILES string of the molecule is CCCc1nn(C)c(NC(CC)CC)c1[N+](=O)[O-]. The van der Waals surface area contributed by atoms with E-state index in [-0.39, 0.29) is 16.7 Å². The summed E-state index contributed by atoms with van der Waals surface area (Å²) >= 11 is 0. The Kier molecular flexibility index (Phi) is 5.12. The van der Waals surface area contributed by atoms with Crippen LogP contribution in [-0.4, -0.2) is 20.7 Å². The number of nitrogens with zero attached hydrogens (tertiary/aromatic N) is 3. The predicted molar refractivity (Wildman–Crippen MR) is 71.9 cm³/mol. The Labute approximate surface area is 108 Å². The highest BCUT2D eigenvalue weighted by atomic mass is 16.6. The topological polar surface area (TPSA) is 73.0 Å². The largest absolute Gasteiger partial charge is 0.362 e. The summed E-state index contributed by atoms with van der Waals surface area (Å²) < 4.78 is 1.58. The van der Waals surface area contributed by atoms with Gasteiger partial charge in [0.15, 0.2) is 0 Å². The van der Waals surface area contributed by atoms with Gasteiger partial charge in [0.25, 0.3) is 0 Å². The monoisotopic (exact) mass is 254 g/mol. The van der Waals surface area contributed by atoms with Crippen LogP contribution in [0.2, 0.25) is 0 Å². The van der Waals surface area contributed by atoms with E-state index in [1.807, 2.05) is 6.92 Å². The summed E-state index contributed by atoms with van der Waals surface area (Å²) in [4.78, 5) is 10.9. The van der Waals surface area contributed by atoms with Gasteiger partial charge in [0, 0.05) is 13.1 Å². The zero-order valence-corrected chi connectivity index (χ0v) is 11.6. The quantitative estimate of drug-likeness (QED) is 0.599. The molecule has 1 rings (SSSR count). The highest BCUT2D eigenvalue weighted by molar-refractivity contribution is 5.60. The Bertz CT molecular complexity index is 410. The van der Waals surface area contributed by atoms with Gasteiger partial charge in [0.1, 0.15) is 5.69 Å². The summed E-state index contributed by atoms with van der Waals surface area (Å²) in [6.45, 7) is 6.12. The van der Waals surface area contributed by atoms with Gasteiger partial charge in [-0.05, 0) is 19.3 Å². The molecule has 0 aliphatic heterocycles. The summed E-state index contributed by atoms with van der Waals surface area (Å²) in [7, 11) is 1.75. The molecule has 0 atom stereocenters. The molecule has 0 aliphatic carbocycles. The third-order valence-electron chi connectivity index (χ3n) is 3.09. The maximum absolute atomic E-state index is 11.2. The number of rotatable bonds is 7. The van der Waals surface area contributed by atoms with Crippen molar-refractivity contribution in [2.45, 2.75) is 52.5 Å². The Balaban J connectivity index is 3.12. The second-order valence-electron chi connectivity index (χ2n) is 4.43. The molecule has 0 fully saturated rings. The molecule has 6 nitrogen and oxygen atoms in total. The standard InChI is InChI=1S/C12H22N4O2/c1-5-8-10-11(16(17)18)12(15(4)14-10)13-9(6-2)7-3/h9,13H,5-8H2,1-4H3. The molecule has 1 aromatic heterocycles. The van der Waals surface area contributed by atoms with E-state index in [0.717, 1.165) is 19.3 Å². The lowest BCUT2D eigenvalue weighted by Crippen LogP contribution is -2.19. The average Bonchev–Trinajstić information content (AvgIpc) is 2.63. The van der Waals surface area contributed by atoms with Gasteiger partial charge < -0.3 is 5.32 Å². The van der Waals surface area contributed by atoms with E-state index in [4.69, 9.17) is 0 Å². The van der Waals surface area contributed by atoms with Crippen molar-refractivity contribution in [3.63, 3.8) is 0 Å². The van der Waals surface area contributed by atoms with Crippen molar-refractivity contribution in [2.24, 2.45) is 7.05 Å². The van der Waals surface area contributed by atoms with Crippen LogP contribution in [0.25, 0.3) is 0 Å². The number of aromatic nitrogens is 2. The molecule has 0 bridgehead atoms. The molecule has 1 heterocycles. The summed E-state index contributed by atoms with van der Waals surface area (Å²) in [5.74, 6) is 0.525. The minimum atomic E-state index is -0.331. The van der Waals surface area contributed by atoms with Gasteiger partial charge in [0.2, 0.25) is 5.82 Å². The van der Waals surface area contributed by atoms with Gasteiger partial charge >= 0.3 is 5.69 Å². The molecule has 0 spiro atoms. The van der Waals surface area contributed by atoms with Crippen LogP contribution in [0.1, 0.15) is 45.7 Å². The molecule has 0 aliphatic rings. The number of hydrogen-bond donors (Lipinski definition) is 1. The summed E-state index contributed by atoms with van der Waals surface area (Å²) in [5.41, 5.74) is 0.699.